The zero-order chi connectivity index (χ0) is 14.9. The van der Waals surface area contributed by atoms with Crippen LogP contribution in [0.5, 0.6) is 0 Å². The van der Waals surface area contributed by atoms with Crippen molar-refractivity contribution >= 4 is 5.91 Å². The number of aliphatic hydroxyl groups excluding tert-OH is 1. The van der Waals surface area contributed by atoms with Crippen molar-refractivity contribution in [2.75, 3.05) is 13.2 Å². The first-order chi connectivity index (χ1) is 9.35. The first-order valence-corrected chi connectivity index (χ1v) is 7.32. The Balaban J connectivity index is 2.14. The highest BCUT2D eigenvalue weighted by Gasteiger charge is 2.33. The van der Waals surface area contributed by atoms with Crippen LogP contribution in [0.4, 0.5) is 0 Å². The van der Waals surface area contributed by atoms with Crippen molar-refractivity contribution in [3.05, 3.63) is 17.5 Å². The van der Waals surface area contributed by atoms with E-state index in [0.717, 1.165) is 18.5 Å². The summed E-state index contributed by atoms with van der Waals surface area (Å²) in [6, 6.07) is 0.265. The van der Waals surface area contributed by atoms with Crippen LogP contribution in [0.25, 0.3) is 0 Å². The second-order valence-corrected chi connectivity index (χ2v) is 6.76. The molecule has 1 saturated carbocycles. The summed E-state index contributed by atoms with van der Waals surface area (Å²) in [5.74, 6) is 0.395. The molecule has 20 heavy (non-hydrogen) atoms. The average Bonchev–Trinajstić information content (AvgIpc) is 3.14. The number of nitrogens with one attached hydrogen (secondary N) is 1. The number of aliphatic hydroxyl groups is 1. The van der Waals surface area contributed by atoms with Crippen LogP contribution in [-0.4, -0.2) is 33.9 Å². The molecule has 0 aliphatic heterocycles. The molecular formula is C15H25N3O2. The molecular weight excluding hydrogens is 254 g/mol. The summed E-state index contributed by atoms with van der Waals surface area (Å²) in [5, 5.41) is 16.5. The largest absolute Gasteiger partial charge is 0.396 e. The number of aromatic nitrogens is 2. The molecule has 1 fully saturated rings. The molecule has 1 aromatic rings. The number of hydrogen-bond acceptors (Lipinski definition) is 3. The molecule has 2 rings (SSSR count). The van der Waals surface area contributed by atoms with E-state index in [0.29, 0.717) is 18.0 Å². The molecule has 0 radical (unpaired) electrons. The second-order valence-electron chi connectivity index (χ2n) is 6.76. The van der Waals surface area contributed by atoms with Crippen LogP contribution in [-0.2, 0) is 0 Å². The Morgan fingerprint density at radius 3 is 2.70 bits per heavy atom. The van der Waals surface area contributed by atoms with E-state index >= 15 is 0 Å². The summed E-state index contributed by atoms with van der Waals surface area (Å²) in [5.41, 5.74) is 1.46. The third-order valence-corrected chi connectivity index (χ3v) is 3.69. The van der Waals surface area contributed by atoms with Gasteiger partial charge in [-0.2, -0.15) is 5.10 Å². The quantitative estimate of drug-likeness (QED) is 0.838. The number of nitrogens with zero attached hydrogens (tertiary/aromatic N) is 2. The summed E-state index contributed by atoms with van der Waals surface area (Å²) in [6.45, 7) is 8.51. The Labute approximate surface area is 120 Å². The molecule has 0 saturated heterocycles. The maximum atomic E-state index is 12.4. The molecule has 0 aromatic carbocycles. The topological polar surface area (TPSA) is 67.2 Å². The Morgan fingerprint density at radius 2 is 2.20 bits per heavy atom. The normalized spacial score (nSPS) is 15.7. The number of amides is 1. The van der Waals surface area contributed by atoms with Gasteiger partial charge in [-0.3, -0.25) is 9.48 Å². The molecule has 5 nitrogen and oxygen atoms in total. The molecule has 1 aromatic heterocycles. The predicted octanol–water partition coefficient (Wildman–Crippen LogP) is 2.09. The summed E-state index contributed by atoms with van der Waals surface area (Å²) < 4.78 is 1.96. The average molecular weight is 279 g/mol. The third kappa shape index (κ3) is 3.20. The van der Waals surface area contributed by atoms with Gasteiger partial charge in [-0.05, 0) is 26.7 Å². The van der Waals surface area contributed by atoms with Crippen LogP contribution < -0.4 is 5.32 Å². The lowest BCUT2D eigenvalue weighted by Gasteiger charge is -2.21. The van der Waals surface area contributed by atoms with E-state index in [1.165, 1.54) is 0 Å². The van der Waals surface area contributed by atoms with Gasteiger partial charge < -0.3 is 10.4 Å². The van der Waals surface area contributed by atoms with Crippen molar-refractivity contribution in [2.45, 2.75) is 52.5 Å². The molecule has 1 heterocycles. The van der Waals surface area contributed by atoms with Gasteiger partial charge in [0.1, 0.15) is 0 Å². The molecule has 5 heteroatoms. The van der Waals surface area contributed by atoms with Crippen molar-refractivity contribution in [2.24, 2.45) is 5.41 Å². The fourth-order valence-electron chi connectivity index (χ4n) is 2.19. The van der Waals surface area contributed by atoms with E-state index in [2.05, 4.69) is 24.3 Å². The first kappa shape index (κ1) is 15.0. The Morgan fingerprint density at radius 1 is 1.55 bits per heavy atom. The number of carbonyl (C=O) groups is 1. The molecule has 0 bridgehead atoms. The summed E-state index contributed by atoms with van der Waals surface area (Å²) in [6.07, 6.45) is 3.95. The van der Waals surface area contributed by atoms with Crippen molar-refractivity contribution in [1.82, 2.24) is 15.1 Å². The van der Waals surface area contributed by atoms with Crippen LogP contribution in [0.2, 0.25) is 0 Å². The Kier molecular flexibility index (Phi) is 4.18. The minimum Gasteiger partial charge on any atom is -0.396 e. The van der Waals surface area contributed by atoms with Crippen LogP contribution in [0, 0.1) is 5.41 Å². The van der Waals surface area contributed by atoms with E-state index in [1.54, 1.807) is 6.20 Å². The van der Waals surface area contributed by atoms with Gasteiger partial charge in [0.05, 0.1) is 17.5 Å². The lowest BCUT2D eigenvalue weighted by molar-refractivity contribution is 0.0910. The minimum absolute atomic E-state index is 0.0496. The van der Waals surface area contributed by atoms with Gasteiger partial charge in [0.15, 0.2) is 0 Å². The van der Waals surface area contributed by atoms with Crippen molar-refractivity contribution in [3.63, 3.8) is 0 Å². The zero-order valence-corrected chi connectivity index (χ0v) is 12.8. The maximum absolute atomic E-state index is 12.4. The second kappa shape index (κ2) is 5.56. The molecule has 0 atom stereocenters. The summed E-state index contributed by atoms with van der Waals surface area (Å²) in [4.78, 5) is 12.4. The number of hydrogen-bond donors (Lipinski definition) is 2. The van der Waals surface area contributed by atoms with E-state index in [9.17, 15) is 9.90 Å². The van der Waals surface area contributed by atoms with E-state index < -0.39 is 0 Å². The standard InChI is InChI=1S/C15H25N3O2/c1-10(2)18-13(11-5-6-11)12(7-17-18)14(20)16-8-15(3,4)9-19/h7,10-11,19H,5-6,8-9H2,1-4H3,(H,16,20). The predicted molar refractivity (Wildman–Crippen MR) is 77.8 cm³/mol. The lowest BCUT2D eigenvalue weighted by atomic mass is 9.95. The number of carbonyl (C=O) groups excluding carboxylic acids is 1. The van der Waals surface area contributed by atoms with Gasteiger partial charge in [0.25, 0.3) is 5.91 Å². The van der Waals surface area contributed by atoms with Gasteiger partial charge in [-0.15, -0.1) is 0 Å². The molecule has 1 amide bonds. The van der Waals surface area contributed by atoms with E-state index in [1.807, 2.05) is 18.5 Å². The summed E-state index contributed by atoms with van der Waals surface area (Å²) >= 11 is 0. The Hall–Kier alpha value is -1.36. The van der Waals surface area contributed by atoms with Crippen molar-refractivity contribution in [3.8, 4) is 0 Å². The Bertz CT molecular complexity index is 487. The van der Waals surface area contributed by atoms with E-state index in [-0.39, 0.29) is 24.0 Å². The van der Waals surface area contributed by atoms with Gasteiger partial charge >= 0.3 is 0 Å². The van der Waals surface area contributed by atoms with Crippen molar-refractivity contribution < 1.29 is 9.90 Å². The SMILES string of the molecule is CC(C)n1ncc(C(=O)NCC(C)(C)CO)c1C1CC1. The molecule has 1 aliphatic carbocycles. The first-order valence-electron chi connectivity index (χ1n) is 7.32. The van der Waals surface area contributed by atoms with Crippen LogP contribution in [0.3, 0.4) is 0 Å². The van der Waals surface area contributed by atoms with Crippen LogP contribution in [0.15, 0.2) is 6.20 Å². The van der Waals surface area contributed by atoms with Gasteiger partial charge in [-0.1, -0.05) is 13.8 Å². The molecule has 1 aliphatic rings. The fourth-order valence-corrected chi connectivity index (χ4v) is 2.19. The number of rotatable bonds is 6. The summed E-state index contributed by atoms with van der Waals surface area (Å²) in [7, 11) is 0. The maximum Gasteiger partial charge on any atom is 0.254 e. The van der Waals surface area contributed by atoms with Crippen LogP contribution in [0.1, 0.15) is 68.5 Å². The van der Waals surface area contributed by atoms with Crippen molar-refractivity contribution in [1.29, 1.82) is 0 Å². The lowest BCUT2D eigenvalue weighted by Crippen LogP contribution is -2.36. The highest BCUT2D eigenvalue weighted by atomic mass is 16.3. The fraction of sp³-hybridized carbons (Fsp3) is 0.733. The van der Waals surface area contributed by atoms with Crippen LogP contribution >= 0.6 is 0 Å². The highest BCUT2D eigenvalue weighted by Crippen LogP contribution is 2.42. The minimum atomic E-state index is -0.302. The monoisotopic (exact) mass is 279 g/mol. The van der Waals surface area contributed by atoms with Gasteiger partial charge in [-0.25, -0.2) is 0 Å². The molecule has 0 unspecified atom stereocenters. The zero-order valence-electron chi connectivity index (χ0n) is 12.8. The molecule has 0 spiro atoms. The smallest absolute Gasteiger partial charge is 0.254 e. The van der Waals surface area contributed by atoms with Gasteiger partial charge in [0, 0.05) is 30.5 Å². The van der Waals surface area contributed by atoms with E-state index in [4.69, 9.17) is 0 Å². The molecule has 2 N–H and O–H groups in total. The highest BCUT2D eigenvalue weighted by molar-refractivity contribution is 5.95. The van der Waals surface area contributed by atoms with Gasteiger partial charge in [0.2, 0.25) is 0 Å². The third-order valence-electron chi connectivity index (χ3n) is 3.69. The molecule has 112 valence electrons.